The highest BCUT2D eigenvalue weighted by atomic mass is 16.4. The van der Waals surface area contributed by atoms with Gasteiger partial charge in [-0.15, -0.1) is 0 Å². The van der Waals surface area contributed by atoms with Gasteiger partial charge in [-0.3, -0.25) is 9.78 Å². The predicted molar refractivity (Wildman–Crippen MR) is 69.7 cm³/mol. The van der Waals surface area contributed by atoms with Crippen molar-refractivity contribution in [1.82, 2.24) is 19.7 Å². The summed E-state index contributed by atoms with van der Waals surface area (Å²) in [6.07, 6.45) is 2.38. The number of carbonyl (C=O) groups is 1. The highest BCUT2D eigenvalue weighted by molar-refractivity contribution is 5.68. The van der Waals surface area contributed by atoms with E-state index in [2.05, 4.69) is 15.1 Å². The zero-order valence-corrected chi connectivity index (χ0v) is 11.2. The van der Waals surface area contributed by atoms with Gasteiger partial charge in [-0.05, 0) is 25.5 Å². The minimum Gasteiger partial charge on any atom is -0.480 e. The first-order chi connectivity index (χ1) is 9.01. The molecule has 2 aromatic heterocycles. The molecule has 6 nitrogen and oxygen atoms in total. The Morgan fingerprint density at radius 2 is 2.16 bits per heavy atom. The van der Waals surface area contributed by atoms with Gasteiger partial charge in [0.25, 0.3) is 0 Å². The lowest BCUT2D eigenvalue weighted by atomic mass is 10.1. The van der Waals surface area contributed by atoms with Crippen molar-refractivity contribution >= 4 is 5.97 Å². The summed E-state index contributed by atoms with van der Waals surface area (Å²) >= 11 is 0. The third-order valence-corrected chi connectivity index (χ3v) is 2.81. The summed E-state index contributed by atoms with van der Waals surface area (Å²) in [5.74, 6) is 0.256. The van der Waals surface area contributed by atoms with Crippen LogP contribution in [0.25, 0.3) is 11.4 Å². The van der Waals surface area contributed by atoms with Crippen LogP contribution in [0.4, 0.5) is 0 Å². The van der Waals surface area contributed by atoms with Gasteiger partial charge in [-0.1, -0.05) is 6.92 Å². The molecule has 0 aromatic carbocycles. The van der Waals surface area contributed by atoms with Gasteiger partial charge in [-0.25, -0.2) is 9.67 Å². The number of pyridine rings is 1. The molecule has 0 unspecified atom stereocenters. The molecule has 0 saturated carbocycles. The van der Waals surface area contributed by atoms with E-state index in [0.29, 0.717) is 18.1 Å². The van der Waals surface area contributed by atoms with Crippen molar-refractivity contribution in [3.8, 4) is 11.4 Å². The molecule has 2 rings (SSSR count). The monoisotopic (exact) mass is 260 g/mol. The van der Waals surface area contributed by atoms with E-state index in [1.54, 1.807) is 6.20 Å². The molecule has 0 aliphatic heterocycles. The van der Waals surface area contributed by atoms with Crippen LogP contribution < -0.4 is 0 Å². The second-order valence-corrected chi connectivity index (χ2v) is 4.40. The summed E-state index contributed by atoms with van der Waals surface area (Å²) in [4.78, 5) is 19.5. The minimum atomic E-state index is -0.938. The maximum Gasteiger partial charge on any atom is 0.325 e. The van der Waals surface area contributed by atoms with Crippen LogP contribution in [-0.2, 0) is 17.8 Å². The molecule has 0 atom stereocenters. The first kappa shape index (κ1) is 13.2. The van der Waals surface area contributed by atoms with Gasteiger partial charge in [0.1, 0.15) is 6.54 Å². The van der Waals surface area contributed by atoms with Crippen molar-refractivity contribution in [2.24, 2.45) is 0 Å². The molecule has 19 heavy (non-hydrogen) atoms. The van der Waals surface area contributed by atoms with E-state index in [0.717, 1.165) is 16.8 Å². The average Bonchev–Trinajstić information content (AvgIpc) is 2.71. The third-order valence-electron chi connectivity index (χ3n) is 2.81. The standard InChI is InChI=1S/C13H16N4O2/c1-4-11-15-13(17(16-11)7-12(18)19)10-6-14-9(3)5-8(10)2/h5-6H,4,7H2,1-3H3,(H,18,19). The number of hydrogen-bond donors (Lipinski definition) is 1. The molecule has 0 aliphatic rings. The van der Waals surface area contributed by atoms with Crippen LogP contribution in [0.5, 0.6) is 0 Å². The Kier molecular flexibility index (Phi) is 3.59. The van der Waals surface area contributed by atoms with Crippen LogP contribution in [-0.4, -0.2) is 30.8 Å². The molecule has 0 bridgehead atoms. The van der Waals surface area contributed by atoms with Crippen LogP contribution in [0, 0.1) is 13.8 Å². The number of carboxylic acids is 1. The van der Waals surface area contributed by atoms with E-state index in [9.17, 15) is 4.79 Å². The highest BCUT2D eigenvalue weighted by Crippen LogP contribution is 2.21. The first-order valence-corrected chi connectivity index (χ1v) is 6.10. The van der Waals surface area contributed by atoms with Gasteiger partial charge in [0.15, 0.2) is 11.6 Å². The predicted octanol–water partition coefficient (Wildman–Crippen LogP) is 1.60. The van der Waals surface area contributed by atoms with Crippen LogP contribution >= 0.6 is 0 Å². The summed E-state index contributed by atoms with van der Waals surface area (Å²) in [6, 6.07) is 1.95. The number of hydrogen-bond acceptors (Lipinski definition) is 4. The Balaban J connectivity index is 2.53. The Hall–Kier alpha value is -2.24. The smallest absolute Gasteiger partial charge is 0.325 e. The van der Waals surface area contributed by atoms with E-state index < -0.39 is 5.97 Å². The van der Waals surface area contributed by atoms with E-state index in [1.165, 1.54) is 4.68 Å². The topological polar surface area (TPSA) is 80.9 Å². The van der Waals surface area contributed by atoms with Crippen molar-refractivity contribution in [2.75, 3.05) is 0 Å². The molecular weight excluding hydrogens is 244 g/mol. The third kappa shape index (κ3) is 2.78. The molecule has 0 spiro atoms. The molecule has 0 amide bonds. The maximum absolute atomic E-state index is 10.9. The fourth-order valence-corrected chi connectivity index (χ4v) is 1.91. The zero-order valence-electron chi connectivity index (χ0n) is 11.2. The number of aromatic nitrogens is 4. The molecule has 0 fully saturated rings. The molecule has 2 heterocycles. The SMILES string of the molecule is CCc1nc(-c2cnc(C)cc2C)n(CC(=O)O)n1. The van der Waals surface area contributed by atoms with Gasteiger partial charge in [0, 0.05) is 23.9 Å². The molecule has 0 radical (unpaired) electrons. The maximum atomic E-state index is 10.9. The summed E-state index contributed by atoms with van der Waals surface area (Å²) in [5, 5.41) is 13.1. The summed E-state index contributed by atoms with van der Waals surface area (Å²) in [5.41, 5.74) is 2.74. The van der Waals surface area contributed by atoms with Crippen molar-refractivity contribution in [3.63, 3.8) is 0 Å². The van der Waals surface area contributed by atoms with Crippen LogP contribution in [0.1, 0.15) is 24.0 Å². The quantitative estimate of drug-likeness (QED) is 0.903. The number of aliphatic carboxylic acids is 1. The Bertz CT molecular complexity index is 619. The molecule has 6 heteroatoms. The van der Waals surface area contributed by atoms with Gasteiger partial charge in [0.05, 0.1) is 0 Å². The number of nitrogens with zero attached hydrogens (tertiary/aromatic N) is 4. The van der Waals surface area contributed by atoms with Gasteiger partial charge < -0.3 is 5.11 Å². The molecule has 2 aromatic rings. The largest absolute Gasteiger partial charge is 0.480 e. The van der Waals surface area contributed by atoms with E-state index in [4.69, 9.17) is 5.11 Å². The Labute approximate surface area is 111 Å². The lowest BCUT2D eigenvalue weighted by Crippen LogP contribution is -2.12. The molecule has 0 saturated heterocycles. The number of aryl methyl sites for hydroxylation is 3. The van der Waals surface area contributed by atoms with E-state index in [1.807, 2.05) is 26.8 Å². The van der Waals surface area contributed by atoms with Crippen molar-refractivity contribution in [2.45, 2.75) is 33.7 Å². The van der Waals surface area contributed by atoms with Gasteiger partial charge in [-0.2, -0.15) is 5.10 Å². The summed E-state index contributed by atoms with van der Waals surface area (Å²) in [7, 11) is 0. The molecule has 100 valence electrons. The first-order valence-electron chi connectivity index (χ1n) is 6.10. The second-order valence-electron chi connectivity index (χ2n) is 4.40. The zero-order chi connectivity index (χ0) is 14.0. The van der Waals surface area contributed by atoms with Crippen molar-refractivity contribution in [1.29, 1.82) is 0 Å². The Morgan fingerprint density at radius 3 is 2.74 bits per heavy atom. The van der Waals surface area contributed by atoms with Crippen LogP contribution in [0.3, 0.4) is 0 Å². The molecule has 0 aliphatic carbocycles. The van der Waals surface area contributed by atoms with E-state index in [-0.39, 0.29) is 6.54 Å². The summed E-state index contributed by atoms with van der Waals surface area (Å²) < 4.78 is 1.42. The normalized spacial score (nSPS) is 10.7. The molecular formula is C13H16N4O2. The van der Waals surface area contributed by atoms with Gasteiger partial charge >= 0.3 is 5.97 Å². The fourth-order valence-electron chi connectivity index (χ4n) is 1.91. The lowest BCUT2D eigenvalue weighted by Gasteiger charge is -2.06. The molecule has 1 N–H and O–H groups in total. The van der Waals surface area contributed by atoms with Crippen molar-refractivity contribution in [3.05, 3.63) is 29.3 Å². The van der Waals surface area contributed by atoms with Crippen LogP contribution in [0.15, 0.2) is 12.3 Å². The lowest BCUT2D eigenvalue weighted by molar-refractivity contribution is -0.137. The van der Waals surface area contributed by atoms with Crippen LogP contribution in [0.2, 0.25) is 0 Å². The highest BCUT2D eigenvalue weighted by Gasteiger charge is 2.15. The average molecular weight is 260 g/mol. The number of rotatable bonds is 4. The number of carboxylic acid groups (broad SMARTS) is 1. The summed E-state index contributed by atoms with van der Waals surface area (Å²) in [6.45, 7) is 5.60. The van der Waals surface area contributed by atoms with Gasteiger partial charge in [0.2, 0.25) is 0 Å². The minimum absolute atomic E-state index is 0.199. The second kappa shape index (κ2) is 5.17. The van der Waals surface area contributed by atoms with E-state index >= 15 is 0 Å². The Morgan fingerprint density at radius 1 is 1.42 bits per heavy atom. The van der Waals surface area contributed by atoms with Crippen molar-refractivity contribution < 1.29 is 9.90 Å². The fraction of sp³-hybridized carbons (Fsp3) is 0.385.